The van der Waals surface area contributed by atoms with Gasteiger partial charge in [-0.2, -0.15) is 0 Å². The Morgan fingerprint density at radius 2 is 2.12 bits per heavy atom. The van der Waals surface area contributed by atoms with Gasteiger partial charge in [0.1, 0.15) is 24.7 Å². The molecule has 0 amide bonds. The molecule has 1 atom stereocenters. The number of hydrogen-bond donors (Lipinski definition) is 1. The quantitative estimate of drug-likeness (QED) is 0.915. The van der Waals surface area contributed by atoms with E-state index in [1.165, 1.54) is 5.56 Å². The number of para-hydroxylation sites is 1. The van der Waals surface area contributed by atoms with E-state index in [4.69, 9.17) is 14.6 Å². The number of rotatable bonds is 5. The van der Waals surface area contributed by atoms with Gasteiger partial charge in [-0.1, -0.05) is 24.3 Å². The fraction of sp³-hybridized carbons (Fsp3) is 0.316. The topological polar surface area (TPSA) is 59.0 Å². The molecule has 1 heterocycles. The first-order valence-electron chi connectivity index (χ1n) is 8.04. The Kier molecular flexibility index (Phi) is 5.01. The summed E-state index contributed by atoms with van der Waals surface area (Å²) in [6.45, 7) is 4.84. The molecule has 0 radical (unpaired) electrons. The molecule has 1 aliphatic rings. The zero-order valence-corrected chi connectivity index (χ0v) is 13.6. The van der Waals surface area contributed by atoms with E-state index in [9.17, 15) is 4.79 Å². The minimum absolute atomic E-state index is 0.234. The summed E-state index contributed by atoms with van der Waals surface area (Å²) in [7, 11) is 0. The molecule has 0 fully saturated rings. The average Bonchev–Trinajstić information content (AvgIpc) is 2.75. The van der Waals surface area contributed by atoms with Gasteiger partial charge in [0, 0.05) is 24.7 Å². The molecule has 0 aliphatic carbocycles. The zero-order valence-electron chi connectivity index (χ0n) is 13.6. The number of nitrogens with zero attached hydrogens (tertiary/aromatic N) is 1. The molecule has 1 unspecified atom stereocenters. The van der Waals surface area contributed by atoms with E-state index in [-0.39, 0.29) is 11.6 Å². The molecule has 5 nitrogen and oxygen atoms in total. The SMILES string of the molecule is CC1COc2ccccc2CN1CCOc1cccc(C(=O)O)c1. The normalized spacial score (nSPS) is 17.5. The van der Waals surface area contributed by atoms with Crippen molar-refractivity contribution in [2.45, 2.75) is 19.5 Å². The van der Waals surface area contributed by atoms with Crippen molar-refractivity contribution in [3.05, 3.63) is 59.7 Å². The lowest BCUT2D eigenvalue weighted by atomic mass is 10.2. The minimum atomic E-state index is -0.949. The van der Waals surface area contributed by atoms with Gasteiger partial charge in [0.15, 0.2) is 0 Å². The van der Waals surface area contributed by atoms with Gasteiger partial charge in [-0.05, 0) is 31.2 Å². The van der Waals surface area contributed by atoms with Gasteiger partial charge in [-0.25, -0.2) is 4.79 Å². The van der Waals surface area contributed by atoms with Crippen LogP contribution in [0.1, 0.15) is 22.8 Å². The number of carboxylic acids is 1. The van der Waals surface area contributed by atoms with Crippen LogP contribution in [0.2, 0.25) is 0 Å². The van der Waals surface area contributed by atoms with Gasteiger partial charge in [-0.15, -0.1) is 0 Å². The van der Waals surface area contributed by atoms with E-state index in [2.05, 4.69) is 17.9 Å². The van der Waals surface area contributed by atoms with E-state index < -0.39 is 5.97 Å². The van der Waals surface area contributed by atoms with Crippen molar-refractivity contribution >= 4 is 5.97 Å². The molecule has 126 valence electrons. The van der Waals surface area contributed by atoms with Crippen LogP contribution in [0, 0.1) is 0 Å². The molecule has 0 saturated carbocycles. The van der Waals surface area contributed by atoms with Crippen LogP contribution in [-0.2, 0) is 6.54 Å². The molecule has 0 aromatic heterocycles. The highest BCUT2D eigenvalue weighted by molar-refractivity contribution is 5.87. The summed E-state index contributed by atoms with van der Waals surface area (Å²) in [4.78, 5) is 13.3. The maximum Gasteiger partial charge on any atom is 0.335 e. The Bertz CT molecular complexity index is 716. The summed E-state index contributed by atoms with van der Waals surface area (Å²) >= 11 is 0. The summed E-state index contributed by atoms with van der Waals surface area (Å²) in [6.07, 6.45) is 0. The molecule has 24 heavy (non-hydrogen) atoms. The lowest BCUT2D eigenvalue weighted by Gasteiger charge is -2.25. The predicted molar refractivity (Wildman–Crippen MR) is 90.7 cm³/mol. The fourth-order valence-electron chi connectivity index (χ4n) is 2.76. The molecule has 2 aromatic carbocycles. The highest BCUT2D eigenvalue weighted by Crippen LogP contribution is 2.24. The van der Waals surface area contributed by atoms with Gasteiger partial charge >= 0.3 is 5.97 Å². The Balaban J connectivity index is 1.60. The number of ether oxygens (including phenoxy) is 2. The van der Waals surface area contributed by atoms with E-state index in [1.54, 1.807) is 24.3 Å². The molecule has 0 bridgehead atoms. The summed E-state index contributed by atoms with van der Waals surface area (Å²) in [5, 5.41) is 9.02. The maximum atomic E-state index is 11.0. The lowest BCUT2D eigenvalue weighted by Crippen LogP contribution is -2.37. The van der Waals surface area contributed by atoms with Crippen LogP contribution in [0.3, 0.4) is 0 Å². The van der Waals surface area contributed by atoms with Crippen LogP contribution in [0.5, 0.6) is 11.5 Å². The highest BCUT2D eigenvalue weighted by atomic mass is 16.5. The second-order valence-corrected chi connectivity index (χ2v) is 5.92. The Hall–Kier alpha value is -2.53. The first-order valence-corrected chi connectivity index (χ1v) is 8.04. The van der Waals surface area contributed by atoms with Crippen molar-refractivity contribution in [1.29, 1.82) is 0 Å². The monoisotopic (exact) mass is 327 g/mol. The average molecular weight is 327 g/mol. The molecule has 0 spiro atoms. The molecule has 0 saturated heterocycles. The molecular formula is C19H21NO4. The van der Waals surface area contributed by atoms with Crippen LogP contribution in [0.25, 0.3) is 0 Å². The van der Waals surface area contributed by atoms with Gasteiger partial charge < -0.3 is 14.6 Å². The van der Waals surface area contributed by atoms with Crippen LogP contribution in [-0.4, -0.2) is 41.8 Å². The highest BCUT2D eigenvalue weighted by Gasteiger charge is 2.21. The minimum Gasteiger partial charge on any atom is -0.492 e. The predicted octanol–water partition coefficient (Wildman–Crippen LogP) is 3.05. The number of carboxylic acid groups (broad SMARTS) is 1. The third-order valence-corrected chi connectivity index (χ3v) is 4.18. The zero-order chi connectivity index (χ0) is 16.9. The van der Waals surface area contributed by atoms with Crippen LogP contribution in [0.15, 0.2) is 48.5 Å². The second-order valence-electron chi connectivity index (χ2n) is 5.92. The van der Waals surface area contributed by atoms with E-state index in [0.29, 0.717) is 19.0 Å². The van der Waals surface area contributed by atoms with Gasteiger partial charge in [0.2, 0.25) is 0 Å². The summed E-state index contributed by atoms with van der Waals surface area (Å²) < 4.78 is 11.6. The van der Waals surface area contributed by atoms with Crippen molar-refractivity contribution < 1.29 is 19.4 Å². The van der Waals surface area contributed by atoms with Gasteiger partial charge in [-0.3, -0.25) is 4.90 Å². The maximum absolute atomic E-state index is 11.0. The van der Waals surface area contributed by atoms with E-state index >= 15 is 0 Å². The summed E-state index contributed by atoms with van der Waals surface area (Å²) in [6, 6.07) is 14.9. The van der Waals surface area contributed by atoms with Crippen LogP contribution in [0.4, 0.5) is 0 Å². The molecular weight excluding hydrogens is 306 g/mol. The third-order valence-electron chi connectivity index (χ3n) is 4.18. The largest absolute Gasteiger partial charge is 0.492 e. The number of aromatic carboxylic acids is 1. The van der Waals surface area contributed by atoms with E-state index in [1.807, 2.05) is 18.2 Å². The smallest absolute Gasteiger partial charge is 0.335 e. The number of hydrogen-bond acceptors (Lipinski definition) is 4. The lowest BCUT2D eigenvalue weighted by molar-refractivity contribution is 0.0696. The number of fused-ring (bicyclic) bond motifs is 1. The molecule has 5 heteroatoms. The molecule has 1 N–H and O–H groups in total. The fourth-order valence-corrected chi connectivity index (χ4v) is 2.76. The number of benzene rings is 2. The molecule has 2 aromatic rings. The Labute approximate surface area is 141 Å². The van der Waals surface area contributed by atoms with Crippen molar-refractivity contribution in [1.82, 2.24) is 4.90 Å². The van der Waals surface area contributed by atoms with E-state index in [0.717, 1.165) is 18.8 Å². The van der Waals surface area contributed by atoms with Crippen molar-refractivity contribution in [2.24, 2.45) is 0 Å². The first kappa shape index (κ1) is 16.3. The third kappa shape index (κ3) is 3.86. The van der Waals surface area contributed by atoms with Crippen LogP contribution < -0.4 is 9.47 Å². The van der Waals surface area contributed by atoms with Gasteiger partial charge in [0.05, 0.1) is 5.56 Å². The first-order chi connectivity index (χ1) is 11.6. The Morgan fingerprint density at radius 1 is 1.29 bits per heavy atom. The summed E-state index contributed by atoms with van der Waals surface area (Å²) in [5.74, 6) is 0.575. The standard InChI is InChI=1S/C19H21NO4/c1-14-13-24-18-8-3-2-5-16(18)12-20(14)9-10-23-17-7-4-6-15(11-17)19(21)22/h2-8,11,14H,9-10,12-13H2,1H3,(H,21,22). The Morgan fingerprint density at radius 3 is 2.96 bits per heavy atom. The van der Waals surface area contributed by atoms with Crippen LogP contribution >= 0.6 is 0 Å². The van der Waals surface area contributed by atoms with Crippen molar-refractivity contribution in [3.8, 4) is 11.5 Å². The van der Waals surface area contributed by atoms with Crippen molar-refractivity contribution in [2.75, 3.05) is 19.8 Å². The van der Waals surface area contributed by atoms with Gasteiger partial charge in [0.25, 0.3) is 0 Å². The number of carbonyl (C=O) groups is 1. The second kappa shape index (κ2) is 7.36. The molecule has 3 rings (SSSR count). The van der Waals surface area contributed by atoms with Crippen molar-refractivity contribution in [3.63, 3.8) is 0 Å². The molecule has 1 aliphatic heterocycles. The summed E-state index contributed by atoms with van der Waals surface area (Å²) in [5.41, 5.74) is 1.41.